The number of carboxylic acids is 1. The van der Waals surface area contributed by atoms with Crippen LogP contribution in [0.1, 0.15) is 12.5 Å². The molecule has 2 heterocycles. The number of aliphatic carboxylic acids is 1. The lowest BCUT2D eigenvalue weighted by atomic mass is 10.1. The van der Waals surface area contributed by atoms with Crippen molar-refractivity contribution in [2.45, 2.75) is 18.7 Å². The summed E-state index contributed by atoms with van der Waals surface area (Å²) in [4.78, 5) is 25.9. The van der Waals surface area contributed by atoms with Gasteiger partial charge in [-0.25, -0.2) is 0 Å². The molecular formula is C14H14ClF3N2O5S. The lowest BCUT2D eigenvalue weighted by molar-refractivity contribution is -0.162. The second-order valence-corrected chi connectivity index (χ2v) is 7.04. The van der Waals surface area contributed by atoms with E-state index in [0.717, 1.165) is 11.8 Å². The molecule has 0 aliphatic carbocycles. The Morgan fingerprint density at radius 3 is 2.62 bits per heavy atom. The minimum Gasteiger partial charge on any atom is -0.481 e. The van der Waals surface area contributed by atoms with Gasteiger partial charge in [-0.05, 0) is 13.0 Å². The fourth-order valence-corrected chi connectivity index (χ4v) is 2.65. The van der Waals surface area contributed by atoms with Crippen LogP contribution in [0.25, 0.3) is 0 Å². The number of aromatic nitrogens is 1. The molecule has 0 unspecified atom stereocenters. The summed E-state index contributed by atoms with van der Waals surface area (Å²) in [6.45, 7) is 1.76. The van der Waals surface area contributed by atoms with Crippen LogP contribution in [0, 0.1) is 0 Å². The van der Waals surface area contributed by atoms with Gasteiger partial charge in [-0.1, -0.05) is 11.6 Å². The number of ether oxygens (including phenoxy) is 2. The van der Waals surface area contributed by atoms with Crippen LogP contribution < -0.4 is 10.1 Å². The Balaban J connectivity index is 2.21. The van der Waals surface area contributed by atoms with E-state index in [9.17, 15) is 22.8 Å². The number of hydrogen-bond donors (Lipinski definition) is 2. The molecular weight excluding hydrogens is 401 g/mol. The van der Waals surface area contributed by atoms with E-state index < -0.39 is 40.1 Å². The maximum absolute atomic E-state index is 13.2. The van der Waals surface area contributed by atoms with Crippen LogP contribution in [0.3, 0.4) is 0 Å². The normalized spacial score (nSPS) is 15.9. The van der Waals surface area contributed by atoms with E-state index in [1.165, 1.54) is 0 Å². The monoisotopic (exact) mass is 414 g/mol. The SMILES string of the molecule is CC1(Oc2nc(NC(=O)CSCC(=O)O)c(Cl)cc2C(F)(F)F)COC1. The summed E-state index contributed by atoms with van der Waals surface area (Å²) in [7, 11) is 0. The van der Waals surface area contributed by atoms with Gasteiger partial charge in [-0.2, -0.15) is 18.2 Å². The van der Waals surface area contributed by atoms with Crippen molar-refractivity contribution in [2.75, 3.05) is 30.0 Å². The first-order valence-electron chi connectivity index (χ1n) is 7.14. The molecule has 2 rings (SSSR count). The predicted octanol–water partition coefficient (Wildman–Crippen LogP) is 2.68. The summed E-state index contributed by atoms with van der Waals surface area (Å²) in [5.74, 6) is -3.31. The van der Waals surface area contributed by atoms with Gasteiger partial charge >= 0.3 is 12.1 Å². The Hall–Kier alpha value is -1.72. The summed E-state index contributed by atoms with van der Waals surface area (Å²) < 4.78 is 49.9. The molecule has 1 aromatic heterocycles. The molecule has 1 aromatic rings. The average molecular weight is 415 g/mol. The largest absolute Gasteiger partial charge is 0.481 e. The maximum atomic E-state index is 13.2. The second-order valence-electron chi connectivity index (χ2n) is 5.65. The number of pyridine rings is 1. The number of halogens is 4. The Kier molecular flexibility index (Phi) is 6.25. The smallest absolute Gasteiger partial charge is 0.421 e. The van der Waals surface area contributed by atoms with Crippen molar-refractivity contribution in [3.63, 3.8) is 0 Å². The quantitative estimate of drug-likeness (QED) is 0.707. The molecule has 2 N–H and O–H groups in total. The highest BCUT2D eigenvalue weighted by molar-refractivity contribution is 8.00. The minimum atomic E-state index is -4.76. The summed E-state index contributed by atoms with van der Waals surface area (Å²) in [6, 6.07) is 0.618. The van der Waals surface area contributed by atoms with Gasteiger partial charge in [0.05, 0.1) is 29.7 Å². The zero-order valence-electron chi connectivity index (χ0n) is 13.4. The van der Waals surface area contributed by atoms with Crippen molar-refractivity contribution >= 4 is 41.1 Å². The Bertz CT molecular complexity index is 713. The molecule has 1 saturated heterocycles. The molecule has 1 aliphatic heterocycles. The number of carbonyl (C=O) groups is 2. The van der Waals surface area contributed by atoms with Crippen LogP contribution in [-0.4, -0.2) is 52.3 Å². The fourth-order valence-electron chi connectivity index (χ4n) is 1.92. The number of hydrogen-bond acceptors (Lipinski definition) is 6. The number of alkyl halides is 3. The highest BCUT2D eigenvalue weighted by atomic mass is 35.5. The van der Waals surface area contributed by atoms with Crippen molar-refractivity contribution in [2.24, 2.45) is 0 Å². The highest BCUT2D eigenvalue weighted by Gasteiger charge is 2.42. The molecule has 7 nitrogen and oxygen atoms in total. The lowest BCUT2D eigenvalue weighted by Crippen LogP contribution is -2.52. The van der Waals surface area contributed by atoms with Crippen molar-refractivity contribution in [3.8, 4) is 5.88 Å². The predicted molar refractivity (Wildman–Crippen MR) is 87.7 cm³/mol. The number of nitrogens with one attached hydrogen (secondary N) is 1. The van der Waals surface area contributed by atoms with Crippen molar-refractivity contribution in [1.82, 2.24) is 4.98 Å². The van der Waals surface area contributed by atoms with Crippen LogP contribution in [0.5, 0.6) is 5.88 Å². The van der Waals surface area contributed by atoms with Gasteiger partial charge in [-0.15, -0.1) is 11.8 Å². The first-order valence-corrected chi connectivity index (χ1v) is 8.67. The Labute approximate surface area is 155 Å². The topological polar surface area (TPSA) is 97.8 Å². The number of anilines is 1. The van der Waals surface area contributed by atoms with E-state index in [2.05, 4.69) is 10.3 Å². The molecule has 0 atom stereocenters. The first kappa shape index (κ1) is 20.6. The second kappa shape index (κ2) is 7.89. The molecule has 1 aliphatic rings. The molecule has 1 fully saturated rings. The molecule has 0 bridgehead atoms. The van der Waals surface area contributed by atoms with Crippen molar-refractivity contribution in [1.29, 1.82) is 0 Å². The average Bonchev–Trinajstić information content (AvgIpc) is 2.47. The van der Waals surface area contributed by atoms with Crippen LogP contribution in [0.2, 0.25) is 5.02 Å². The van der Waals surface area contributed by atoms with Gasteiger partial charge in [0, 0.05) is 0 Å². The molecule has 144 valence electrons. The summed E-state index contributed by atoms with van der Waals surface area (Å²) in [5, 5.41) is 10.4. The lowest BCUT2D eigenvalue weighted by Gasteiger charge is -2.38. The molecule has 0 spiro atoms. The number of thioether (sulfide) groups is 1. The van der Waals surface area contributed by atoms with Crippen molar-refractivity contribution in [3.05, 3.63) is 16.7 Å². The third-order valence-electron chi connectivity index (χ3n) is 3.12. The van der Waals surface area contributed by atoms with E-state index in [4.69, 9.17) is 26.2 Å². The van der Waals surface area contributed by atoms with Crippen LogP contribution in [0.4, 0.5) is 19.0 Å². The van der Waals surface area contributed by atoms with Gasteiger partial charge < -0.3 is 19.9 Å². The third-order valence-corrected chi connectivity index (χ3v) is 4.33. The Morgan fingerprint density at radius 2 is 2.12 bits per heavy atom. The Morgan fingerprint density at radius 1 is 1.46 bits per heavy atom. The number of rotatable bonds is 7. The van der Waals surface area contributed by atoms with E-state index in [-0.39, 0.29) is 30.5 Å². The number of nitrogens with zero attached hydrogens (tertiary/aromatic N) is 1. The standard InChI is InChI=1S/C14H14ClF3N2O5S/c1-13(5-24-6-13)25-12-7(14(16,17)18)2-8(15)11(20-12)19-9(21)3-26-4-10(22)23/h2H,3-6H2,1H3,(H,22,23)(H,19,20,21). The molecule has 12 heteroatoms. The summed E-state index contributed by atoms with van der Waals surface area (Å²) >= 11 is 6.62. The van der Waals surface area contributed by atoms with Crippen LogP contribution in [0.15, 0.2) is 6.07 Å². The van der Waals surface area contributed by atoms with E-state index in [1.54, 1.807) is 6.92 Å². The minimum absolute atomic E-state index is 0.0993. The van der Waals surface area contributed by atoms with Crippen molar-refractivity contribution < 1.29 is 37.3 Å². The zero-order chi connectivity index (χ0) is 19.5. The van der Waals surface area contributed by atoms with E-state index in [1.807, 2.05) is 0 Å². The molecule has 1 amide bonds. The molecule has 0 aromatic carbocycles. The molecule has 26 heavy (non-hydrogen) atoms. The van der Waals surface area contributed by atoms with Gasteiger partial charge in [0.15, 0.2) is 11.4 Å². The number of amides is 1. The maximum Gasteiger partial charge on any atom is 0.421 e. The van der Waals surface area contributed by atoms with Gasteiger partial charge in [0.1, 0.15) is 5.56 Å². The number of carbonyl (C=O) groups excluding carboxylic acids is 1. The highest BCUT2D eigenvalue weighted by Crippen LogP contribution is 2.40. The third kappa shape index (κ3) is 5.39. The van der Waals surface area contributed by atoms with Gasteiger partial charge in [-0.3, -0.25) is 9.59 Å². The van der Waals surface area contributed by atoms with E-state index in [0.29, 0.717) is 6.07 Å². The van der Waals surface area contributed by atoms with Crippen LogP contribution in [-0.2, 0) is 20.5 Å². The van der Waals surface area contributed by atoms with E-state index >= 15 is 0 Å². The molecule has 0 radical (unpaired) electrons. The fraction of sp³-hybridized carbons (Fsp3) is 0.500. The zero-order valence-corrected chi connectivity index (χ0v) is 14.9. The number of carboxylic acid groups (broad SMARTS) is 1. The summed E-state index contributed by atoms with van der Waals surface area (Å²) in [5.41, 5.74) is -2.13. The first-order chi connectivity index (χ1) is 12.0. The molecule has 0 saturated carbocycles. The van der Waals surface area contributed by atoms with Gasteiger partial charge in [0.2, 0.25) is 11.8 Å². The van der Waals surface area contributed by atoms with Crippen LogP contribution >= 0.6 is 23.4 Å². The summed E-state index contributed by atoms with van der Waals surface area (Å²) in [6.07, 6.45) is -4.76. The van der Waals surface area contributed by atoms with Gasteiger partial charge in [0.25, 0.3) is 0 Å².